The summed E-state index contributed by atoms with van der Waals surface area (Å²) in [7, 11) is 0. The van der Waals surface area contributed by atoms with Crippen LogP contribution in [0.2, 0.25) is 0 Å². The maximum atomic E-state index is 13.1. The summed E-state index contributed by atoms with van der Waals surface area (Å²) in [6.07, 6.45) is 1.74. The van der Waals surface area contributed by atoms with Crippen LogP contribution in [-0.2, 0) is 11.3 Å². The Labute approximate surface area is 170 Å². The Balaban J connectivity index is 1.69. The summed E-state index contributed by atoms with van der Waals surface area (Å²) >= 11 is 0. The minimum atomic E-state index is -0.185. The average molecular weight is 394 g/mol. The van der Waals surface area contributed by atoms with Crippen molar-refractivity contribution in [3.05, 3.63) is 76.6 Å². The first kappa shape index (κ1) is 20.5. The van der Waals surface area contributed by atoms with E-state index >= 15 is 0 Å². The molecule has 0 aliphatic rings. The van der Waals surface area contributed by atoms with E-state index in [1.54, 1.807) is 37.1 Å². The maximum Gasteiger partial charge on any atom is 0.257 e. The molecule has 6 heteroatoms. The number of carbonyl (C=O) groups is 2. The van der Waals surface area contributed by atoms with Crippen molar-refractivity contribution in [1.29, 1.82) is 0 Å². The summed E-state index contributed by atoms with van der Waals surface area (Å²) in [4.78, 5) is 27.1. The second-order valence-electron chi connectivity index (χ2n) is 7.23. The van der Waals surface area contributed by atoms with E-state index < -0.39 is 0 Å². The van der Waals surface area contributed by atoms with Gasteiger partial charge in [0.15, 0.2) is 0 Å². The molecule has 0 aliphatic heterocycles. The van der Waals surface area contributed by atoms with Crippen molar-refractivity contribution in [1.82, 2.24) is 4.90 Å². The first-order valence-electron chi connectivity index (χ1n) is 9.59. The van der Waals surface area contributed by atoms with Crippen LogP contribution in [0.3, 0.4) is 0 Å². The molecule has 0 radical (unpaired) electrons. The molecule has 0 fully saturated rings. The first-order chi connectivity index (χ1) is 13.8. The molecule has 0 bridgehead atoms. The number of aryl methyl sites for hydroxylation is 4. The largest absolute Gasteiger partial charge is 0.467 e. The van der Waals surface area contributed by atoms with E-state index in [9.17, 15) is 9.59 Å². The topological polar surface area (TPSA) is 75.7 Å². The van der Waals surface area contributed by atoms with Gasteiger partial charge in [0.1, 0.15) is 17.3 Å². The average Bonchev–Trinajstić information content (AvgIpc) is 3.30. The summed E-state index contributed by atoms with van der Waals surface area (Å²) in [5.41, 5.74) is 3.54. The van der Waals surface area contributed by atoms with E-state index in [1.807, 2.05) is 38.1 Å². The second kappa shape index (κ2) is 8.82. The lowest BCUT2D eigenvalue weighted by Crippen LogP contribution is -2.33. The third-order valence-electron chi connectivity index (χ3n) is 4.88. The minimum Gasteiger partial charge on any atom is -0.467 e. The van der Waals surface area contributed by atoms with Crippen LogP contribution in [0, 0.1) is 27.7 Å². The van der Waals surface area contributed by atoms with E-state index in [0.717, 1.165) is 11.3 Å². The van der Waals surface area contributed by atoms with Crippen LogP contribution in [0.5, 0.6) is 0 Å². The Hall–Kier alpha value is -3.28. The molecule has 2 heterocycles. The summed E-state index contributed by atoms with van der Waals surface area (Å²) in [5, 5.41) is 2.90. The normalized spacial score (nSPS) is 10.8. The van der Waals surface area contributed by atoms with Crippen molar-refractivity contribution in [2.75, 3.05) is 11.9 Å². The quantitative estimate of drug-likeness (QED) is 0.626. The van der Waals surface area contributed by atoms with E-state index in [4.69, 9.17) is 8.83 Å². The monoisotopic (exact) mass is 394 g/mol. The van der Waals surface area contributed by atoms with Gasteiger partial charge in [-0.05, 0) is 69.2 Å². The fraction of sp³-hybridized carbons (Fsp3) is 0.304. The highest BCUT2D eigenvalue weighted by Crippen LogP contribution is 2.19. The molecule has 1 N–H and O–H groups in total. The fourth-order valence-corrected chi connectivity index (χ4v) is 3.14. The summed E-state index contributed by atoms with van der Waals surface area (Å²) in [5.74, 6) is 1.57. The molecule has 2 aromatic heterocycles. The van der Waals surface area contributed by atoms with Crippen LogP contribution in [-0.4, -0.2) is 23.3 Å². The van der Waals surface area contributed by atoms with E-state index in [2.05, 4.69) is 5.32 Å². The third kappa shape index (κ3) is 5.16. The van der Waals surface area contributed by atoms with Crippen molar-refractivity contribution >= 4 is 17.5 Å². The van der Waals surface area contributed by atoms with Gasteiger partial charge in [0.05, 0.1) is 18.4 Å². The highest BCUT2D eigenvalue weighted by Gasteiger charge is 2.22. The molecule has 0 atom stereocenters. The van der Waals surface area contributed by atoms with Crippen molar-refractivity contribution in [3.63, 3.8) is 0 Å². The van der Waals surface area contributed by atoms with Gasteiger partial charge in [-0.15, -0.1) is 0 Å². The predicted octanol–water partition coefficient (Wildman–Crippen LogP) is 4.78. The molecule has 1 aromatic carbocycles. The number of nitrogens with one attached hydrogen (secondary N) is 1. The van der Waals surface area contributed by atoms with Crippen LogP contribution in [0.1, 0.15) is 45.2 Å². The SMILES string of the molecule is Cc1cc(C(=O)N(CCC(=O)Nc2ccc(C)c(C)c2)Cc2ccco2)c(C)o1. The smallest absolute Gasteiger partial charge is 0.257 e. The van der Waals surface area contributed by atoms with Gasteiger partial charge in [-0.2, -0.15) is 0 Å². The lowest BCUT2D eigenvalue weighted by atomic mass is 10.1. The van der Waals surface area contributed by atoms with E-state index in [0.29, 0.717) is 22.8 Å². The Morgan fingerprint density at radius 2 is 1.83 bits per heavy atom. The van der Waals surface area contributed by atoms with Crippen LogP contribution in [0.25, 0.3) is 0 Å². The van der Waals surface area contributed by atoms with Crippen molar-refractivity contribution in [3.8, 4) is 0 Å². The summed E-state index contributed by atoms with van der Waals surface area (Å²) in [6.45, 7) is 8.14. The number of hydrogen-bond donors (Lipinski definition) is 1. The number of hydrogen-bond acceptors (Lipinski definition) is 4. The molecule has 29 heavy (non-hydrogen) atoms. The zero-order valence-corrected chi connectivity index (χ0v) is 17.2. The highest BCUT2D eigenvalue weighted by atomic mass is 16.3. The Bertz CT molecular complexity index is 1000. The maximum absolute atomic E-state index is 13.1. The highest BCUT2D eigenvalue weighted by molar-refractivity contribution is 5.96. The standard InChI is InChI=1S/C23H26N2O4/c1-15-7-8-19(12-16(15)2)24-22(26)9-10-25(14-20-6-5-11-28-20)23(27)21-13-17(3)29-18(21)4/h5-8,11-13H,9-10,14H2,1-4H3,(H,24,26). The molecule has 2 amide bonds. The lowest BCUT2D eigenvalue weighted by molar-refractivity contribution is -0.116. The van der Waals surface area contributed by atoms with Gasteiger partial charge in [-0.25, -0.2) is 0 Å². The molecule has 152 valence electrons. The molecular formula is C23H26N2O4. The van der Waals surface area contributed by atoms with Gasteiger partial charge in [-0.1, -0.05) is 6.07 Å². The lowest BCUT2D eigenvalue weighted by Gasteiger charge is -2.21. The molecule has 0 aliphatic carbocycles. The Kier molecular flexibility index (Phi) is 6.22. The van der Waals surface area contributed by atoms with Crippen LogP contribution < -0.4 is 5.32 Å². The van der Waals surface area contributed by atoms with Gasteiger partial charge in [0.2, 0.25) is 5.91 Å². The molecule has 0 spiro atoms. The van der Waals surface area contributed by atoms with Gasteiger partial charge in [0.25, 0.3) is 5.91 Å². The molecule has 3 aromatic rings. The van der Waals surface area contributed by atoms with Crippen molar-refractivity contribution < 1.29 is 18.4 Å². The minimum absolute atomic E-state index is 0.148. The van der Waals surface area contributed by atoms with E-state index in [1.165, 1.54) is 5.56 Å². The number of amides is 2. The number of rotatable bonds is 7. The van der Waals surface area contributed by atoms with Gasteiger partial charge in [0, 0.05) is 18.7 Å². The summed E-state index contributed by atoms with van der Waals surface area (Å²) < 4.78 is 10.9. The van der Waals surface area contributed by atoms with Crippen LogP contribution in [0.4, 0.5) is 5.69 Å². The number of anilines is 1. The van der Waals surface area contributed by atoms with Crippen molar-refractivity contribution in [2.24, 2.45) is 0 Å². The molecule has 0 saturated heterocycles. The number of furan rings is 2. The second-order valence-corrected chi connectivity index (χ2v) is 7.23. The Morgan fingerprint density at radius 3 is 2.45 bits per heavy atom. The summed E-state index contributed by atoms with van der Waals surface area (Å²) in [6, 6.07) is 11.1. The Morgan fingerprint density at radius 1 is 1.03 bits per heavy atom. The number of benzene rings is 1. The molecule has 0 unspecified atom stereocenters. The molecular weight excluding hydrogens is 368 g/mol. The number of nitrogens with zero attached hydrogens (tertiary/aromatic N) is 1. The third-order valence-corrected chi connectivity index (χ3v) is 4.88. The van der Waals surface area contributed by atoms with Crippen LogP contribution >= 0.6 is 0 Å². The van der Waals surface area contributed by atoms with Gasteiger partial charge >= 0.3 is 0 Å². The first-order valence-corrected chi connectivity index (χ1v) is 9.59. The number of carbonyl (C=O) groups excluding carboxylic acids is 2. The zero-order chi connectivity index (χ0) is 21.0. The van der Waals surface area contributed by atoms with E-state index in [-0.39, 0.29) is 31.3 Å². The zero-order valence-electron chi connectivity index (χ0n) is 17.2. The molecule has 3 rings (SSSR count). The predicted molar refractivity (Wildman–Crippen MR) is 111 cm³/mol. The molecule has 6 nitrogen and oxygen atoms in total. The van der Waals surface area contributed by atoms with Gasteiger partial charge in [-0.3, -0.25) is 9.59 Å². The van der Waals surface area contributed by atoms with Crippen molar-refractivity contribution in [2.45, 2.75) is 40.7 Å². The van der Waals surface area contributed by atoms with Crippen LogP contribution in [0.15, 0.2) is 51.5 Å². The van der Waals surface area contributed by atoms with Gasteiger partial charge < -0.3 is 19.1 Å². The molecule has 0 saturated carbocycles. The fourth-order valence-electron chi connectivity index (χ4n) is 3.14.